The van der Waals surface area contributed by atoms with Gasteiger partial charge in [-0.1, -0.05) is 87.0 Å². The molecule has 172 valence electrons. The second kappa shape index (κ2) is 11.7. The molecular formula is C27H29ClN2OS2. The van der Waals surface area contributed by atoms with Gasteiger partial charge in [-0.2, -0.15) is 11.8 Å². The highest BCUT2D eigenvalue weighted by Gasteiger charge is 2.15. The molecule has 3 aromatic carbocycles. The Labute approximate surface area is 211 Å². The van der Waals surface area contributed by atoms with E-state index in [1.807, 2.05) is 72.8 Å². The van der Waals surface area contributed by atoms with Crippen LogP contribution in [0.4, 0.5) is 5.69 Å². The third-order valence-corrected chi connectivity index (χ3v) is 6.77. The van der Waals surface area contributed by atoms with E-state index in [-0.39, 0.29) is 11.2 Å². The van der Waals surface area contributed by atoms with Crippen molar-refractivity contribution in [2.75, 3.05) is 17.6 Å². The van der Waals surface area contributed by atoms with Crippen molar-refractivity contribution in [3.8, 4) is 0 Å². The second-order valence-electron chi connectivity index (χ2n) is 8.76. The zero-order valence-corrected chi connectivity index (χ0v) is 21.5. The third-order valence-electron chi connectivity index (χ3n) is 5.14. The molecule has 3 nitrogen and oxygen atoms in total. The van der Waals surface area contributed by atoms with Gasteiger partial charge < -0.3 is 10.6 Å². The van der Waals surface area contributed by atoms with E-state index in [1.54, 1.807) is 11.8 Å². The lowest BCUT2D eigenvalue weighted by Gasteiger charge is -2.19. The molecule has 2 N–H and O–H groups in total. The molecule has 0 unspecified atom stereocenters. The number of nitrogens with one attached hydrogen (secondary N) is 2. The predicted molar refractivity (Wildman–Crippen MR) is 147 cm³/mol. The van der Waals surface area contributed by atoms with Gasteiger partial charge in [0.1, 0.15) is 0 Å². The highest BCUT2D eigenvalue weighted by atomic mass is 35.5. The summed E-state index contributed by atoms with van der Waals surface area (Å²) in [5.41, 5.74) is 4.49. The molecule has 0 saturated carbocycles. The molecule has 0 heterocycles. The number of thiocarbonyl (C=S) groups is 1. The van der Waals surface area contributed by atoms with Crippen molar-refractivity contribution in [2.24, 2.45) is 0 Å². The van der Waals surface area contributed by atoms with Crippen molar-refractivity contribution in [1.29, 1.82) is 0 Å². The number of benzene rings is 3. The normalized spacial score (nSPS) is 11.2. The van der Waals surface area contributed by atoms with Gasteiger partial charge in [0.05, 0.1) is 0 Å². The standard InChI is InChI=1S/C27H29ClN2OS2/c1-27(2,3)22-13-11-19(12-14-22)25(31)20-8-6-9-23(17-20)30-26(32)29-15-16-33-18-21-7-4-5-10-24(21)28/h4-14,17H,15-16,18H2,1-3H3,(H2,29,30,32). The molecule has 0 atom stereocenters. The first kappa shape index (κ1) is 25.3. The van der Waals surface area contributed by atoms with Crippen LogP contribution in [0, 0.1) is 0 Å². The Hall–Kier alpha value is -2.34. The van der Waals surface area contributed by atoms with Gasteiger partial charge in [-0.3, -0.25) is 4.79 Å². The van der Waals surface area contributed by atoms with E-state index in [9.17, 15) is 4.79 Å². The van der Waals surface area contributed by atoms with Gasteiger partial charge >= 0.3 is 0 Å². The Balaban J connectivity index is 1.49. The molecule has 3 aromatic rings. The first-order chi connectivity index (χ1) is 15.7. The van der Waals surface area contributed by atoms with Crippen LogP contribution in [0.25, 0.3) is 0 Å². The van der Waals surface area contributed by atoms with Gasteiger partial charge in [-0.15, -0.1) is 0 Å². The summed E-state index contributed by atoms with van der Waals surface area (Å²) in [6, 6.07) is 23.2. The van der Waals surface area contributed by atoms with Crippen molar-refractivity contribution in [1.82, 2.24) is 5.32 Å². The smallest absolute Gasteiger partial charge is 0.193 e. The Morgan fingerprint density at radius 3 is 2.39 bits per heavy atom. The number of rotatable bonds is 8. The summed E-state index contributed by atoms with van der Waals surface area (Å²) in [6.45, 7) is 7.22. The average Bonchev–Trinajstić information content (AvgIpc) is 2.79. The number of hydrogen-bond donors (Lipinski definition) is 2. The lowest BCUT2D eigenvalue weighted by molar-refractivity contribution is 0.103. The summed E-state index contributed by atoms with van der Waals surface area (Å²) in [7, 11) is 0. The van der Waals surface area contributed by atoms with Gasteiger partial charge in [-0.25, -0.2) is 0 Å². The Morgan fingerprint density at radius 2 is 1.70 bits per heavy atom. The van der Waals surface area contributed by atoms with Crippen molar-refractivity contribution >= 4 is 52.2 Å². The van der Waals surface area contributed by atoms with Crippen LogP contribution in [0.5, 0.6) is 0 Å². The van der Waals surface area contributed by atoms with Crippen LogP contribution in [-0.4, -0.2) is 23.2 Å². The van der Waals surface area contributed by atoms with Crippen molar-refractivity contribution in [3.05, 3.63) is 100 Å². The second-order valence-corrected chi connectivity index (χ2v) is 10.7. The van der Waals surface area contributed by atoms with Crippen molar-refractivity contribution in [3.63, 3.8) is 0 Å². The molecule has 0 bridgehead atoms. The van der Waals surface area contributed by atoms with Crippen molar-refractivity contribution in [2.45, 2.75) is 31.9 Å². The summed E-state index contributed by atoms with van der Waals surface area (Å²) >= 11 is 13.4. The zero-order chi connectivity index (χ0) is 23.8. The lowest BCUT2D eigenvalue weighted by atomic mass is 9.86. The number of hydrogen-bond acceptors (Lipinski definition) is 3. The van der Waals surface area contributed by atoms with Crippen LogP contribution in [0.15, 0.2) is 72.8 Å². The molecule has 0 aliphatic heterocycles. The summed E-state index contributed by atoms with van der Waals surface area (Å²) in [5, 5.41) is 7.72. The minimum Gasteiger partial charge on any atom is -0.362 e. The average molecular weight is 497 g/mol. The molecule has 6 heteroatoms. The lowest BCUT2D eigenvalue weighted by Crippen LogP contribution is -2.30. The van der Waals surface area contributed by atoms with Gasteiger partial charge in [0.25, 0.3) is 0 Å². The molecule has 0 fully saturated rings. The summed E-state index contributed by atoms with van der Waals surface area (Å²) in [5.74, 6) is 1.76. The van der Waals surface area contributed by atoms with E-state index < -0.39 is 0 Å². The maximum Gasteiger partial charge on any atom is 0.193 e. The predicted octanol–water partition coefficient (Wildman–Crippen LogP) is 7.09. The monoisotopic (exact) mass is 496 g/mol. The van der Waals surface area contributed by atoms with Gasteiger partial charge in [0, 0.05) is 39.9 Å². The number of halogens is 1. The molecule has 0 aliphatic rings. The number of ketones is 1. The fourth-order valence-corrected chi connectivity index (χ4v) is 4.60. The van der Waals surface area contributed by atoms with Crippen molar-refractivity contribution < 1.29 is 4.79 Å². The van der Waals surface area contributed by atoms with Crippen LogP contribution in [0.2, 0.25) is 5.02 Å². The van der Waals surface area contributed by atoms with Gasteiger partial charge in [0.15, 0.2) is 10.9 Å². The number of carbonyl (C=O) groups is 1. The summed E-state index contributed by atoms with van der Waals surface area (Å²) < 4.78 is 0. The van der Waals surface area contributed by atoms with E-state index in [0.717, 1.165) is 34.3 Å². The first-order valence-corrected chi connectivity index (χ1v) is 12.8. The SMILES string of the molecule is CC(C)(C)c1ccc(C(=O)c2cccc(NC(=S)NCCSCc3ccccc3Cl)c2)cc1. The van der Waals surface area contributed by atoms with E-state index in [4.69, 9.17) is 23.8 Å². The third kappa shape index (κ3) is 7.60. The molecule has 0 saturated heterocycles. The minimum absolute atomic E-state index is 0.00559. The number of thioether (sulfide) groups is 1. The highest BCUT2D eigenvalue weighted by Crippen LogP contribution is 2.23. The number of anilines is 1. The molecule has 3 rings (SSSR count). The minimum atomic E-state index is -0.00559. The zero-order valence-electron chi connectivity index (χ0n) is 19.2. The van der Waals surface area contributed by atoms with Crippen LogP contribution in [0.1, 0.15) is 47.8 Å². The molecule has 0 spiro atoms. The topological polar surface area (TPSA) is 41.1 Å². The maximum atomic E-state index is 12.9. The first-order valence-electron chi connectivity index (χ1n) is 10.9. The van der Waals surface area contributed by atoms with Crippen LogP contribution in [-0.2, 0) is 11.2 Å². The van der Waals surface area contributed by atoms with E-state index >= 15 is 0 Å². The number of carbonyl (C=O) groups excluding carboxylic acids is 1. The molecular weight excluding hydrogens is 468 g/mol. The Bertz CT molecular complexity index is 1110. The fourth-order valence-electron chi connectivity index (χ4n) is 3.24. The van der Waals surface area contributed by atoms with E-state index in [0.29, 0.717) is 16.2 Å². The Kier molecular flexibility index (Phi) is 8.95. The summed E-state index contributed by atoms with van der Waals surface area (Å²) in [4.78, 5) is 12.9. The Morgan fingerprint density at radius 1 is 0.970 bits per heavy atom. The highest BCUT2D eigenvalue weighted by molar-refractivity contribution is 7.98. The fraction of sp³-hybridized carbons (Fsp3) is 0.259. The molecule has 0 aromatic heterocycles. The van der Waals surface area contributed by atoms with E-state index in [1.165, 1.54) is 5.56 Å². The maximum absolute atomic E-state index is 12.9. The largest absolute Gasteiger partial charge is 0.362 e. The molecule has 0 amide bonds. The van der Waals surface area contributed by atoms with Gasteiger partial charge in [0.2, 0.25) is 0 Å². The van der Waals surface area contributed by atoms with Crippen LogP contribution in [0.3, 0.4) is 0 Å². The molecule has 33 heavy (non-hydrogen) atoms. The van der Waals surface area contributed by atoms with E-state index in [2.05, 4.69) is 31.4 Å². The molecule has 0 radical (unpaired) electrons. The van der Waals surface area contributed by atoms with Crippen LogP contribution >= 0.6 is 35.6 Å². The molecule has 0 aliphatic carbocycles. The quantitative estimate of drug-likeness (QED) is 0.198. The summed E-state index contributed by atoms with van der Waals surface area (Å²) in [6.07, 6.45) is 0. The van der Waals surface area contributed by atoms with Gasteiger partial charge in [-0.05, 0) is 47.0 Å². The van der Waals surface area contributed by atoms with Crippen LogP contribution < -0.4 is 10.6 Å².